The van der Waals surface area contributed by atoms with Gasteiger partial charge in [-0.25, -0.2) is 0 Å². The van der Waals surface area contributed by atoms with Crippen LogP contribution in [0.2, 0.25) is 0 Å². The number of piperidine rings is 1. The topological polar surface area (TPSA) is 46.3 Å². The zero-order valence-corrected chi connectivity index (χ0v) is 6.34. The molecule has 1 aliphatic rings. The fourth-order valence-electron chi connectivity index (χ4n) is 1.34. The van der Waals surface area contributed by atoms with Gasteiger partial charge in [0.15, 0.2) is 0 Å². The molecule has 0 aliphatic carbocycles. The number of amides is 1. The lowest BCUT2D eigenvalue weighted by atomic mass is 10.0. The van der Waals surface area contributed by atoms with Gasteiger partial charge in [0.25, 0.3) is 0 Å². The first-order valence-electron chi connectivity index (χ1n) is 3.71. The van der Waals surface area contributed by atoms with E-state index in [9.17, 15) is 4.79 Å². The standard InChI is InChI=1S/C7H14N2O/c1-9-6(5-8)3-2-4-7(9)10/h6H,2-5,8H2,1H3. The van der Waals surface area contributed by atoms with E-state index in [1.165, 1.54) is 0 Å². The van der Waals surface area contributed by atoms with Crippen molar-refractivity contribution in [2.45, 2.75) is 25.3 Å². The number of likely N-dealkylation sites (tertiary alicyclic amines) is 1. The SMILES string of the molecule is CN1C(=O)CCCC1CN. The van der Waals surface area contributed by atoms with E-state index in [-0.39, 0.29) is 5.91 Å². The van der Waals surface area contributed by atoms with Gasteiger partial charge in [0.05, 0.1) is 0 Å². The van der Waals surface area contributed by atoms with Crippen LogP contribution in [0.15, 0.2) is 0 Å². The van der Waals surface area contributed by atoms with Crippen LogP contribution in [-0.4, -0.2) is 30.4 Å². The van der Waals surface area contributed by atoms with Crippen molar-refractivity contribution in [1.29, 1.82) is 0 Å². The van der Waals surface area contributed by atoms with Crippen molar-refractivity contribution in [2.75, 3.05) is 13.6 Å². The minimum Gasteiger partial charge on any atom is -0.342 e. The van der Waals surface area contributed by atoms with Crippen LogP contribution in [0.1, 0.15) is 19.3 Å². The lowest BCUT2D eigenvalue weighted by Crippen LogP contribution is -2.44. The predicted molar refractivity (Wildman–Crippen MR) is 39.5 cm³/mol. The Morgan fingerprint density at radius 3 is 3.00 bits per heavy atom. The van der Waals surface area contributed by atoms with Crippen molar-refractivity contribution in [3.8, 4) is 0 Å². The highest BCUT2D eigenvalue weighted by molar-refractivity contribution is 5.76. The van der Waals surface area contributed by atoms with Crippen LogP contribution < -0.4 is 5.73 Å². The summed E-state index contributed by atoms with van der Waals surface area (Å²) in [5, 5.41) is 0. The fraction of sp³-hybridized carbons (Fsp3) is 0.857. The van der Waals surface area contributed by atoms with Gasteiger partial charge in [-0.3, -0.25) is 4.79 Å². The van der Waals surface area contributed by atoms with Gasteiger partial charge in [-0.2, -0.15) is 0 Å². The summed E-state index contributed by atoms with van der Waals surface area (Å²) in [6.07, 6.45) is 2.77. The number of likely N-dealkylation sites (N-methyl/N-ethyl adjacent to an activating group) is 1. The molecule has 1 amide bonds. The van der Waals surface area contributed by atoms with E-state index < -0.39 is 0 Å². The lowest BCUT2D eigenvalue weighted by Gasteiger charge is -2.31. The Bertz CT molecular complexity index is 136. The Morgan fingerprint density at radius 1 is 1.80 bits per heavy atom. The maximum Gasteiger partial charge on any atom is 0.222 e. The average molecular weight is 142 g/mol. The van der Waals surface area contributed by atoms with E-state index in [1.807, 2.05) is 7.05 Å². The summed E-state index contributed by atoms with van der Waals surface area (Å²) in [4.78, 5) is 12.8. The third-order valence-corrected chi connectivity index (χ3v) is 2.14. The number of carbonyl (C=O) groups excluding carboxylic acids is 1. The average Bonchev–Trinajstić information content (AvgIpc) is 1.95. The monoisotopic (exact) mass is 142 g/mol. The molecule has 1 unspecified atom stereocenters. The van der Waals surface area contributed by atoms with Crippen molar-refractivity contribution in [3.05, 3.63) is 0 Å². The van der Waals surface area contributed by atoms with E-state index in [0.717, 1.165) is 12.8 Å². The summed E-state index contributed by atoms with van der Waals surface area (Å²) in [5.41, 5.74) is 5.46. The summed E-state index contributed by atoms with van der Waals surface area (Å²) >= 11 is 0. The van der Waals surface area contributed by atoms with Crippen LogP contribution in [0, 0.1) is 0 Å². The summed E-state index contributed by atoms with van der Waals surface area (Å²) in [7, 11) is 1.83. The first-order chi connectivity index (χ1) is 4.75. The molecule has 0 saturated carbocycles. The van der Waals surface area contributed by atoms with E-state index >= 15 is 0 Å². The third kappa shape index (κ3) is 1.29. The van der Waals surface area contributed by atoms with Crippen molar-refractivity contribution >= 4 is 5.91 Å². The van der Waals surface area contributed by atoms with E-state index in [4.69, 9.17) is 5.73 Å². The summed E-state index contributed by atoms with van der Waals surface area (Å²) in [6.45, 7) is 0.599. The highest BCUT2D eigenvalue weighted by atomic mass is 16.2. The van der Waals surface area contributed by atoms with Gasteiger partial charge in [-0.15, -0.1) is 0 Å². The van der Waals surface area contributed by atoms with Crippen molar-refractivity contribution in [3.63, 3.8) is 0 Å². The Balaban J connectivity index is 2.51. The second-order valence-corrected chi connectivity index (χ2v) is 2.79. The van der Waals surface area contributed by atoms with Crippen LogP contribution >= 0.6 is 0 Å². The molecule has 2 N–H and O–H groups in total. The summed E-state index contributed by atoms with van der Waals surface area (Å²) < 4.78 is 0. The molecule has 3 nitrogen and oxygen atoms in total. The molecule has 10 heavy (non-hydrogen) atoms. The van der Waals surface area contributed by atoms with Crippen molar-refractivity contribution < 1.29 is 4.79 Å². The first-order valence-corrected chi connectivity index (χ1v) is 3.71. The zero-order chi connectivity index (χ0) is 7.56. The maximum atomic E-state index is 11.0. The lowest BCUT2D eigenvalue weighted by molar-refractivity contribution is -0.134. The molecule has 0 aromatic rings. The van der Waals surface area contributed by atoms with Gasteiger partial charge >= 0.3 is 0 Å². The Morgan fingerprint density at radius 2 is 2.50 bits per heavy atom. The normalized spacial score (nSPS) is 27.2. The molecule has 1 saturated heterocycles. The Kier molecular flexibility index (Phi) is 2.27. The van der Waals surface area contributed by atoms with Gasteiger partial charge in [0.1, 0.15) is 0 Å². The molecule has 1 aliphatic heterocycles. The second-order valence-electron chi connectivity index (χ2n) is 2.79. The number of hydrogen-bond acceptors (Lipinski definition) is 2. The smallest absolute Gasteiger partial charge is 0.222 e. The van der Waals surface area contributed by atoms with Gasteiger partial charge in [-0.05, 0) is 12.8 Å². The number of nitrogens with two attached hydrogens (primary N) is 1. The molecule has 0 bridgehead atoms. The number of hydrogen-bond donors (Lipinski definition) is 1. The Labute approximate surface area is 61.2 Å². The minimum atomic E-state index is 0.238. The van der Waals surface area contributed by atoms with Crippen LogP contribution in [-0.2, 0) is 4.79 Å². The zero-order valence-electron chi connectivity index (χ0n) is 6.34. The van der Waals surface area contributed by atoms with Crippen LogP contribution in [0.4, 0.5) is 0 Å². The Hall–Kier alpha value is -0.570. The van der Waals surface area contributed by atoms with Crippen molar-refractivity contribution in [2.24, 2.45) is 5.73 Å². The van der Waals surface area contributed by atoms with Crippen LogP contribution in [0.25, 0.3) is 0 Å². The molecule has 1 heterocycles. The van der Waals surface area contributed by atoms with Gasteiger partial charge in [-0.1, -0.05) is 0 Å². The minimum absolute atomic E-state index is 0.238. The number of carbonyl (C=O) groups is 1. The number of nitrogens with zero attached hydrogens (tertiary/aromatic N) is 1. The van der Waals surface area contributed by atoms with E-state index in [1.54, 1.807) is 4.90 Å². The second kappa shape index (κ2) is 3.01. The van der Waals surface area contributed by atoms with E-state index in [0.29, 0.717) is 19.0 Å². The molecule has 0 aromatic carbocycles. The molecule has 0 spiro atoms. The molecule has 58 valence electrons. The molecule has 3 heteroatoms. The van der Waals surface area contributed by atoms with Gasteiger partial charge in [0.2, 0.25) is 5.91 Å². The quantitative estimate of drug-likeness (QED) is 0.558. The molecule has 1 fully saturated rings. The number of rotatable bonds is 1. The highest BCUT2D eigenvalue weighted by Gasteiger charge is 2.22. The van der Waals surface area contributed by atoms with E-state index in [2.05, 4.69) is 0 Å². The summed E-state index contributed by atoms with van der Waals surface area (Å²) in [5.74, 6) is 0.238. The fourth-order valence-corrected chi connectivity index (χ4v) is 1.34. The molecular weight excluding hydrogens is 128 g/mol. The van der Waals surface area contributed by atoms with Crippen LogP contribution in [0.5, 0.6) is 0 Å². The van der Waals surface area contributed by atoms with Gasteiger partial charge < -0.3 is 10.6 Å². The highest BCUT2D eigenvalue weighted by Crippen LogP contribution is 2.14. The molecule has 1 atom stereocenters. The van der Waals surface area contributed by atoms with Crippen LogP contribution in [0.3, 0.4) is 0 Å². The molecule has 0 aromatic heterocycles. The third-order valence-electron chi connectivity index (χ3n) is 2.14. The molecule has 1 rings (SSSR count). The largest absolute Gasteiger partial charge is 0.342 e. The molecule has 0 radical (unpaired) electrons. The predicted octanol–water partition coefficient (Wildman–Crippen LogP) is -0.0440. The van der Waals surface area contributed by atoms with Crippen molar-refractivity contribution in [1.82, 2.24) is 4.90 Å². The van der Waals surface area contributed by atoms with Gasteiger partial charge in [0, 0.05) is 26.1 Å². The maximum absolute atomic E-state index is 11.0. The molecular formula is C7H14N2O. The summed E-state index contributed by atoms with van der Waals surface area (Å²) in [6, 6.07) is 0.293. The first kappa shape index (κ1) is 7.54.